The average molecular weight is 295 g/mol. The topological polar surface area (TPSA) is 83.6 Å². The normalized spacial score (nSPS) is 14.7. The number of aliphatic carboxylic acids is 1. The molecule has 6 heteroatoms. The summed E-state index contributed by atoms with van der Waals surface area (Å²) in [5, 5.41) is 18.8. The molecule has 1 aromatic rings. The lowest BCUT2D eigenvalue weighted by molar-refractivity contribution is -0.141. The van der Waals surface area contributed by atoms with Gasteiger partial charge in [-0.1, -0.05) is 33.6 Å². The van der Waals surface area contributed by atoms with Gasteiger partial charge in [0.2, 0.25) is 0 Å². The first kappa shape index (κ1) is 12.4. The zero-order valence-electron chi connectivity index (χ0n) is 7.52. The van der Waals surface area contributed by atoms with E-state index in [1.54, 1.807) is 12.1 Å². The summed E-state index contributed by atoms with van der Waals surface area (Å²) in [6.07, 6.45) is -1.27. The quantitative estimate of drug-likeness (QED) is 0.790. The monoisotopic (exact) mass is 293 g/mol. The minimum absolute atomic E-state index is 0.398. The second-order valence-corrected chi connectivity index (χ2v) is 4.27. The highest BCUT2D eigenvalue weighted by Crippen LogP contribution is 2.27. The number of benzene rings is 1. The maximum absolute atomic E-state index is 10.6. The minimum atomic E-state index is -1.36. The van der Waals surface area contributed by atoms with Crippen LogP contribution in [0, 0.1) is 0 Å². The van der Waals surface area contributed by atoms with Crippen LogP contribution in [0.3, 0.4) is 0 Å². The van der Waals surface area contributed by atoms with Crippen LogP contribution in [-0.4, -0.2) is 22.2 Å². The van der Waals surface area contributed by atoms with Gasteiger partial charge in [0.15, 0.2) is 0 Å². The van der Waals surface area contributed by atoms with E-state index in [9.17, 15) is 9.90 Å². The van der Waals surface area contributed by atoms with Gasteiger partial charge in [-0.25, -0.2) is 0 Å². The van der Waals surface area contributed by atoms with E-state index < -0.39 is 18.1 Å². The Hall–Kier alpha value is -0.620. The van der Waals surface area contributed by atoms with E-state index in [4.69, 9.17) is 22.4 Å². The molecule has 2 atom stereocenters. The van der Waals surface area contributed by atoms with Crippen LogP contribution >= 0.6 is 27.5 Å². The lowest BCUT2D eigenvalue weighted by atomic mass is 10.0. The highest BCUT2D eigenvalue weighted by molar-refractivity contribution is 9.10. The maximum atomic E-state index is 10.6. The molecule has 0 radical (unpaired) electrons. The van der Waals surface area contributed by atoms with Crippen LogP contribution in [0.25, 0.3) is 0 Å². The molecule has 0 fully saturated rings. The molecular formula is C9H9BrClNO3. The van der Waals surface area contributed by atoms with E-state index in [1.807, 2.05) is 0 Å². The van der Waals surface area contributed by atoms with Gasteiger partial charge in [-0.2, -0.15) is 0 Å². The number of aliphatic hydroxyl groups is 1. The van der Waals surface area contributed by atoms with Crippen molar-refractivity contribution in [3.8, 4) is 0 Å². The molecule has 0 aliphatic carbocycles. The number of hydrogen-bond donors (Lipinski definition) is 3. The molecule has 0 saturated carbocycles. The van der Waals surface area contributed by atoms with E-state index >= 15 is 0 Å². The Balaban J connectivity index is 3.01. The lowest BCUT2D eigenvalue weighted by Gasteiger charge is -2.16. The van der Waals surface area contributed by atoms with E-state index in [0.29, 0.717) is 15.1 Å². The number of carboxylic acids is 1. The molecule has 0 saturated heterocycles. The molecule has 0 heterocycles. The summed E-state index contributed by atoms with van der Waals surface area (Å²) in [6.45, 7) is 0. The fourth-order valence-corrected chi connectivity index (χ4v) is 1.99. The third-order valence-electron chi connectivity index (χ3n) is 1.91. The Morgan fingerprint density at radius 3 is 2.60 bits per heavy atom. The van der Waals surface area contributed by atoms with Crippen molar-refractivity contribution in [1.82, 2.24) is 0 Å². The highest BCUT2D eigenvalue weighted by atomic mass is 79.9. The van der Waals surface area contributed by atoms with Crippen LogP contribution < -0.4 is 5.73 Å². The molecule has 1 aromatic carbocycles. The maximum Gasteiger partial charge on any atom is 0.323 e. The van der Waals surface area contributed by atoms with E-state index in [0.717, 1.165) is 0 Å². The molecule has 15 heavy (non-hydrogen) atoms. The molecule has 2 unspecified atom stereocenters. The summed E-state index contributed by atoms with van der Waals surface area (Å²) in [5.41, 5.74) is 5.69. The van der Waals surface area contributed by atoms with Crippen LogP contribution in [-0.2, 0) is 4.79 Å². The average Bonchev–Trinajstić information content (AvgIpc) is 2.15. The van der Waals surface area contributed by atoms with Gasteiger partial charge in [0.05, 0.1) is 0 Å². The number of rotatable bonds is 3. The third-order valence-corrected chi connectivity index (χ3v) is 2.83. The number of nitrogens with two attached hydrogens (primary N) is 1. The number of hydrogen-bond acceptors (Lipinski definition) is 3. The van der Waals surface area contributed by atoms with Gasteiger partial charge in [0.25, 0.3) is 0 Å². The van der Waals surface area contributed by atoms with Crippen molar-refractivity contribution in [3.05, 3.63) is 33.3 Å². The molecule has 1 rings (SSSR count). The second-order valence-electron chi connectivity index (χ2n) is 2.97. The summed E-state index contributed by atoms with van der Waals surface area (Å²) in [4.78, 5) is 10.6. The van der Waals surface area contributed by atoms with Crippen LogP contribution in [0.15, 0.2) is 22.7 Å². The SMILES string of the molecule is NC(C(=O)O)C(O)c1ccc(Cl)cc1Br. The number of carboxylic acid groups (broad SMARTS) is 1. The molecule has 0 amide bonds. The first-order chi connectivity index (χ1) is 6.93. The smallest absolute Gasteiger partial charge is 0.323 e. The van der Waals surface area contributed by atoms with Gasteiger partial charge in [0, 0.05) is 9.50 Å². The predicted octanol–water partition coefficient (Wildman–Crippen LogP) is 1.55. The van der Waals surface area contributed by atoms with Gasteiger partial charge in [-0.15, -0.1) is 0 Å². The number of halogens is 2. The summed E-state index contributed by atoms with van der Waals surface area (Å²) in [6, 6.07) is 3.29. The van der Waals surface area contributed by atoms with Gasteiger partial charge in [0.1, 0.15) is 12.1 Å². The summed E-state index contributed by atoms with van der Waals surface area (Å²) in [7, 11) is 0. The molecule has 82 valence electrons. The minimum Gasteiger partial charge on any atom is -0.480 e. The Labute approximate surface area is 99.8 Å². The molecular weight excluding hydrogens is 285 g/mol. The van der Waals surface area contributed by atoms with E-state index in [1.165, 1.54) is 6.07 Å². The predicted molar refractivity (Wildman–Crippen MR) is 59.7 cm³/mol. The van der Waals surface area contributed by atoms with Crippen molar-refractivity contribution in [3.63, 3.8) is 0 Å². The fourth-order valence-electron chi connectivity index (χ4n) is 1.07. The van der Waals surface area contributed by atoms with Crippen LogP contribution in [0.2, 0.25) is 5.02 Å². The van der Waals surface area contributed by atoms with Crippen LogP contribution in [0.5, 0.6) is 0 Å². The Bertz CT molecular complexity index is 386. The fraction of sp³-hybridized carbons (Fsp3) is 0.222. The van der Waals surface area contributed by atoms with Gasteiger partial charge in [-0.3, -0.25) is 4.79 Å². The lowest BCUT2D eigenvalue weighted by Crippen LogP contribution is -2.36. The van der Waals surface area contributed by atoms with Crippen molar-refractivity contribution < 1.29 is 15.0 Å². The second kappa shape index (κ2) is 4.94. The van der Waals surface area contributed by atoms with Crippen LogP contribution in [0.4, 0.5) is 0 Å². The van der Waals surface area contributed by atoms with Crippen molar-refractivity contribution in [2.45, 2.75) is 12.1 Å². The summed E-state index contributed by atoms with van der Waals surface area (Å²) >= 11 is 8.88. The van der Waals surface area contributed by atoms with Crippen molar-refractivity contribution >= 4 is 33.5 Å². The summed E-state index contributed by atoms with van der Waals surface area (Å²) < 4.78 is 0.527. The zero-order valence-corrected chi connectivity index (χ0v) is 9.86. The number of carbonyl (C=O) groups is 1. The third kappa shape index (κ3) is 2.92. The molecule has 4 nitrogen and oxygen atoms in total. The molecule has 4 N–H and O–H groups in total. The Kier molecular flexibility index (Phi) is 4.10. The summed E-state index contributed by atoms with van der Waals surface area (Å²) in [5.74, 6) is -1.26. The van der Waals surface area contributed by atoms with Crippen molar-refractivity contribution in [2.75, 3.05) is 0 Å². The Morgan fingerprint density at radius 1 is 1.53 bits per heavy atom. The van der Waals surface area contributed by atoms with E-state index in [-0.39, 0.29) is 0 Å². The van der Waals surface area contributed by atoms with Gasteiger partial charge >= 0.3 is 5.97 Å². The molecule has 0 bridgehead atoms. The van der Waals surface area contributed by atoms with E-state index in [2.05, 4.69) is 15.9 Å². The Morgan fingerprint density at radius 2 is 2.13 bits per heavy atom. The largest absolute Gasteiger partial charge is 0.480 e. The van der Waals surface area contributed by atoms with Crippen LogP contribution in [0.1, 0.15) is 11.7 Å². The standard InChI is InChI=1S/C9H9BrClNO3/c10-6-3-4(11)1-2-5(6)8(13)7(12)9(14)15/h1-3,7-8,13H,12H2,(H,14,15). The first-order valence-electron chi connectivity index (χ1n) is 4.05. The zero-order chi connectivity index (χ0) is 11.6. The highest BCUT2D eigenvalue weighted by Gasteiger charge is 2.25. The molecule has 0 spiro atoms. The first-order valence-corrected chi connectivity index (χ1v) is 5.22. The molecule has 0 aromatic heterocycles. The van der Waals surface area contributed by atoms with Crippen molar-refractivity contribution in [2.24, 2.45) is 5.73 Å². The van der Waals surface area contributed by atoms with Gasteiger partial charge < -0.3 is 15.9 Å². The van der Waals surface area contributed by atoms with Crippen molar-refractivity contribution in [1.29, 1.82) is 0 Å². The number of aliphatic hydroxyl groups excluding tert-OH is 1. The molecule has 0 aliphatic heterocycles. The van der Waals surface area contributed by atoms with Gasteiger partial charge in [-0.05, 0) is 17.7 Å². The molecule has 0 aliphatic rings.